The first kappa shape index (κ1) is 13.4. The number of benzene rings is 1. The summed E-state index contributed by atoms with van der Waals surface area (Å²) >= 11 is 0. The van der Waals surface area contributed by atoms with Gasteiger partial charge in [0.1, 0.15) is 0 Å². The number of anilines is 1. The molecule has 2 rings (SSSR count). The van der Waals surface area contributed by atoms with Crippen LogP contribution in [0.15, 0.2) is 24.3 Å². The molecule has 1 aliphatic rings. The molecule has 1 heterocycles. The first-order valence-electron chi connectivity index (χ1n) is 7.39. The Balaban J connectivity index is 1.80. The highest BCUT2D eigenvalue weighted by Gasteiger charge is 2.17. The van der Waals surface area contributed by atoms with E-state index in [0.29, 0.717) is 6.04 Å². The maximum atomic E-state index is 3.67. The number of aryl methyl sites for hydroxylation is 1. The van der Waals surface area contributed by atoms with Crippen molar-refractivity contribution < 1.29 is 0 Å². The van der Waals surface area contributed by atoms with Crippen molar-refractivity contribution in [3.63, 3.8) is 0 Å². The molecule has 1 aromatic rings. The minimum absolute atomic E-state index is 0.658. The van der Waals surface area contributed by atoms with E-state index in [4.69, 9.17) is 0 Å². The molecule has 1 fully saturated rings. The lowest BCUT2D eigenvalue weighted by Crippen LogP contribution is -2.39. The van der Waals surface area contributed by atoms with Gasteiger partial charge in [0.05, 0.1) is 0 Å². The molecule has 1 aromatic carbocycles. The maximum Gasteiger partial charge on any atom is 0.0342 e. The summed E-state index contributed by atoms with van der Waals surface area (Å²) in [6, 6.07) is 9.56. The Kier molecular flexibility index (Phi) is 5.06. The smallest absolute Gasteiger partial charge is 0.0342 e. The fraction of sp³-hybridized carbons (Fsp3) is 0.625. The van der Waals surface area contributed by atoms with Crippen molar-refractivity contribution in [3.8, 4) is 0 Å². The van der Waals surface area contributed by atoms with Gasteiger partial charge in [-0.3, -0.25) is 0 Å². The third kappa shape index (κ3) is 3.74. The Labute approximate surface area is 111 Å². The van der Waals surface area contributed by atoms with Gasteiger partial charge in [0.25, 0.3) is 0 Å². The van der Waals surface area contributed by atoms with Gasteiger partial charge in [-0.25, -0.2) is 0 Å². The maximum absolute atomic E-state index is 3.67. The van der Waals surface area contributed by atoms with Crippen molar-refractivity contribution in [1.82, 2.24) is 4.90 Å². The van der Waals surface area contributed by atoms with E-state index >= 15 is 0 Å². The van der Waals surface area contributed by atoms with Gasteiger partial charge in [-0.15, -0.1) is 0 Å². The number of nitrogens with one attached hydrogen (secondary N) is 1. The molecule has 1 aliphatic heterocycles. The highest BCUT2D eigenvalue weighted by molar-refractivity contribution is 5.45. The van der Waals surface area contributed by atoms with Crippen LogP contribution in [0.3, 0.4) is 0 Å². The molecular formula is C16H26N2. The molecule has 2 nitrogen and oxygen atoms in total. The molecule has 0 amide bonds. The van der Waals surface area contributed by atoms with Crippen molar-refractivity contribution in [2.24, 2.45) is 0 Å². The van der Waals surface area contributed by atoms with Crippen LogP contribution in [-0.4, -0.2) is 30.6 Å². The van der Waals surface area contributed by atoms with Crippen molar-refractivity contribution in [3.05, 3.63) is 29.8 Å². The lowest BCUT2D eigenvalue weighted by atomic mass is 10.0. The number of rotatable bonds is 5. The molecule has 1 N–H and O–H groups in total. The lowest BCUT2D eigenvalue weighted by Gasteiger charge is -2.32. The van der Waals surface area contributed by atoms with Crippen LogP contribution in [0.4, 0.5) is 5.69 Å². The zero-order valence-corrected chi connectivity index (χ0v) is 11.8. The molecule has 100 valence electrons. The molecule has 0 unspecified atom stereocenters. The van der Waals surface area contributed by atoms with Gasteiger partial charge in [0.2, 0.25) is 0 Å². The predicted molar refractivity (Wildman–Crippen MR) is 79.2 cm³/mol. The summed E-state index contributed by atoms with van der Waals surface area (Å²) in [5, 5.41) is 3.67. The monoisotopic (exact) mass is 246 g/mol. The molecule has 0 aliphatic carbocycles. The van der Waals surface area contributed by atoms with Gasteiger partial charge in [0, 0.05) is 24.8 Å². The van der Waals surface area contributed by atoms with E-state index in [1.165, 1.54) is 50.1 Å². The van der Waals surface area contributed by atoms with Crippen LogP contribution in [0, 0.1) is 0 Å². The Morgan fingerprint density at radius 3 is 2.33 bits per heavy atom. The van der Waals surface area contributed by atoms with E-state index < -0.39 is 0 Å². The topological polar surface area (TPSA) is 15.3 Å². The SMILES string of the molecule is CCCN1CCC(Nc2ccc(CC)cc2)CC1. The minimum Gasteiger partial charge on any atom is -0.382 e. The molecule has 0 saturated carbocycles. The highest BCUT2D eigenvalue weighted by Crippen LogP contribution is 2.17. The van der Waals surface area contributed by atoms with E-state index in [9.17, 15) is 0 Å². The summed E-state index contributed by atoms with van der Waals surface area (Å²) in [5.74, 6) is 0. The van der Waals surface area contributed by atoms with Crippen LogP contribution in [-0.2, 0) is 6.42 Å². The molecule has 18 heavy (non-hydrogen) atoms. The standard InChI is InChI=1S/C16H26N2/c1-3-11-18-12-9-16(10-13-18)17-15-7-5-14(4-2)6-8-15/h5-8,16-17H,3-4,9-13H2,1-2H3. The van der Waals surface area contributed by atoms with E-state index in [2.05, 4.69) is 48.3 Å². The van der Waals surface area contributed by atoms with Crippen LogP contribution in [0.25, 0.3) is 0 Å². The Bertz CT molecular complexity index is 337. The number of piperidine rings is 1. The van der Waals surface area contributed by atoms with Gasteiger partial charge >= 0.3 is 0 Å². The van der Waals surface area contributed by atoms with Gasteiger partial charge in [-0.1, -0.05) is 26.0 Å². The number of likely N-dealkylation sites (tertiary alicyclic amines) is 1. The molecule has 0 spiro atoms. The van der Waals surface area contributed by atoms with Crippen LogP contribution in [0.5, 0.6) is 0 Å². The fourth-order valence-electron chi connectivity index (χ4n) is 2.69. The third-order valence-corrected chi connectivity index (χ3v) is 3.86. The Morgan fingerprint density at radius 1 is 1.11 bits per heavy atom. The summed E-state index contributed by atoms with van der Waals surface area (Å²) in [5.41, 5.74) is 2.69. The van der Waals surface area contributed by atoms with Crippen molar-refractivity contribution in [2.75, 3.05) is 25.0 Å². The first-order chi connectivity index (χ1) is 8.81. The van der Waals surface area contributed by atoms with Gasteiger partial charge in [-0.05, 0) is 49.9 Å². The highest BCUT2D eigenvalue weighted by atomic mass is 15.1. The summed E-state index contributed by atoms with van der Waals surface area (Å²) in [7, 11) is 0. The first-order valence-corrected chi connectivity index (χ1v) is 7.39. The average molecular weight is 246 g/mol. The van der Waals surface area contributed by atoms with Gasteiger partial charge < -0.3 is 10.2 Å². The van der Waals surface area contributed by atoms with Crippen molar-refractivity contribution in [1.29, 1.82) is 0 Å². The van der Waals surface area contributed by atoms with Gasteiger partial charge in [0.15, 0.2) is 0 Å². The van der Waals surface area contributed by atoms with Crippen LogP contribution in [0.2, 0.25) is 0 Å². The second-order valence-electron chi connectivity index (χ2n) is 5.31. The van der Waals surface area contributed by atoms with Gasteiger partial charge in [-0.2, -0.15) is 0 Å². The Hall–Kier alpha value is -1.02. The largest absolute Gasteiger partial charge is 0.382 e. The minimum atomic E-state index is 0.658. The van der Waals surface area contributed by atoms with E-state index in [0.717, 1.165) is 6.42 Å². The summed E-state index contributed by atoms with van der Waals surface area (Å²) in [6.07, 6.45) is 4.94. The zero-order valence-electron chi connectivity index (χ0n) is 11.8. The Morgan fingerprint density at radius 2 is 1.78 bits per heavy atom. The van der Waals surface area contributed by atoms with E-state index in [-0.39, 0.29) is 0 Å². The van der Waals surface area contributed by atoms with Crippen LogP contribution in [0.1, 0.15) is 38.7 Å². The number of nitrogens with zero attached hydrogens (tertiary/aromatic N) is 1. The molecular weight excluding hydrogens is 220 g/mol. The van der Waals surface area contributed by atoms with Crippen molar-refractivity contribution in [2.45, 2.75) is 45.6 Å². The molecule has 0 atom stereocenters. The predicted octanol–water partition coefficient (Wildman–Crippen LogP) is 3.54. The summed E-state index contributed by atoms with van der Waals surface area (Å²) in [6.45, 7) is 8.22. The van der Waals surface area contributed by atoms with E-state index in [1.807, 2.05) is 0 Å². The molecule has 0 radical (unpaired) electrons. The molecule has 0 bridgehead atoms. The van der Waals surface area contributed by atoms with Crippen molar-refractivity contribution >= 4 is 5.69 Å². The zero-order chi connectivity index (χ0) is 12.8. The normalized spacial score (nSPS) is 17.9. The molecule has 2 heteroatoms. The average Bonchev–Trinajstić information content (AvgIpc) is 2.42. The fourth-order valence-corrected chi connectivity index (χ4v) is 2.69. The second-order valence-corrected chi connectivity index (χ2v) is 5.31. The molecule has 1 saturated heterocycles. The summed E-state index contributed by atoms with van der Waals surface area (Å²) in [4.78, 5) is 2.58. The van der Waals surface area contributed by atoms with E-state index in [1.54, 1.807) is 0 Å². The second kappa shape index (κ2) is 6.79. The van der Waals surface area contributed by atoms with Crippen LogP contribution >= 0.6 is 0 Å². The molecule has 0 aromatic heterocycles. The number of hydrogen-bond donors (Lipinski definition) is 1. The third-order valence-electron chi connectivity index (χ3n) is 3.86. The lowest BCUT2D eigenvalue weighted by molar-refractivity contribution is 0.219. The number of hydrogen-bond acceptors (Lipinski definition) is 2. The van der Waals surface area contributed by atoms with Crippen LogP contribution < -0.4 is 5.32 Å². The summed E-state index contributed by atoms with van der Waals surface area (Å²) < 4.78 is 0. The quantitative estimate of drug-likeness (QED) is 0.855.